The molecule has 0 aromatic heterocycles. The first-order valence-electron chi connectivity index (χ1n) is 5.60. The Morgan fingerprint density at radius 2 is 2.00 bits per heavy atom. The van der Waals surface area contributed by atoms with Gasteiger partial charge in [0.15, 0.2) is 0 Å². The zero-order chi connectivity index (χ0) is 12.2. The van der Waals surface area contributed by atoms with Crippen molar-refractivity contribution < 1.29 is 5.11 Å². The van der Waals surface area contributed by atoms with E-state index in [9.17, 15) is 5.11 Å². The zero-order valence-electron chi connectivity index (χ0n) is 10.3. The standard InChI is InChI=1S/C14H21NO/c1-11(2)14(4,12(3)16)15-10-13-8-6-5-7-9-13/h5-9,12,15-16H,1,10H2,2-4H3. The molecule has 0 fully saturated rings. The summed E-state index contributed by atoms with van der Waals surface area (Å²) >= 11 is 0. The largest absolute Gasteiger partial charge is 0.391 e. The van der Waals surface area contributed by atoms with Crippen molar-refractivity contribution in [2.75, 3.05) is 0 Å². The molecular weight excluding hydrogens is 198 g/mol. The lowest BCUT2D eigenvalue weighted by Gasteiger charge is -2.34. The van der Waals surface area contributed by atoms with Gasteiger partial charge in [-0.2, -0.15) is 0 Å². The first kappa shape index (κ1) is 12.9. The van der Waals surface area contributed by atoms with E-state index in [2.05, 4.69) is 24.0 Å². The number of aliphatic hydroxyl groups is 1. The summed E-state index contributed by atoms with van der Waals surface area (Å²) in [5.74, 6) is 0. The molecule has 0 aliphatic carbocycles. The Morgan fingerprint density at radius 1 is 1.44 bits per heavy atom. The van der Waals surface area contributed by atoms with Gasteiger partial charge in [0, 0.05) is 6.54 Å². The Labute approximate surface area is 98.0 Å². The van der Waals surface area contributed by atoms with Gasteiger partial charge < -0.3 is 10.4 Å². The van der Waals surface area contributed by atoms with Gasteiger partial charge in [0.1, 0.15) is 0 Å². The summed E-state index contributed by atoms with van der Waals surface area (Å²) in [6, 6.07) is 10.1. The summed E-state index contributed by atoms with van der Waals surface area (Å²) in [7, 11) is 0. The summed E-state index contributed by atoms with van der Waals surface area (Å²) in [5, 5.41) is 13.2. The van der Waals surface area contributed by atoms with Gasteiger partial charge in [-0.15, -0.1) is 0 Å². The molecule has 1 aromatic rings. The van der Waals surface area contributed by atoms with Crippen LogP contribution in [0.2, 0.25) is 0 Å². The molecule has 2 N–H and O–H groups in total. The van der Waals surface area contributed by atoms with Crippen LogP contribution in [-0.2, 0) is 6.54 Å². The number of rotatable bonds is 5. The van der Waals surface area contributed by atoms with E-state index in [4.69, 9.17) is 0 Å². The number of hydrogen-bond acceptors (Lipinski definition) is 2. The minimum atomic E-state index is -0.464. The zero-order valence-corrected chi connectivity index (χ0v) is 10.3. The second-order valence-electron chi connectivity index (χ2n) is 4.50. The minimum absolute atomic E-state index is 0.435. The topological polar surface area (TPSA) is 32.3 Å². The van der Waals surface area contributed by atoms with Crippen LogP contribution in [0.25, 0.3) is 0 Å². The third-order valence-corrected chi connectivity index (χ3v) is 3.22. The maximum atomic E-state index is 9.80. The quantitative estimate of drug-likeness (QED) is 0.746. The number of nitrogens with one attached hydrogen (secondary N) is 1. The highest BCUT2D eigenvalue weighted by Gasteiger charge is 2.29. The molecule has 0 heterocycles. The van der Waals surface area contributed by atoms with Crippen molar-refractivity contribution in [3.05, 3.63) is 48.0 Å². The van der Waals surface area contributed by atoms with Crippen molar-refractivity contribution in [1.29, 1.82) is 0 Å². The molecule has 2 unspecified atom stereocenters. The molecule has 0 radical (unpaired) electrons. The van der Waals surface area contributed by atoms with E-state index in [1.54, 1.807) is 6.92 Å². The Balaban J connectivity index is 2.69. The second-order valence-corrected chi connectivity index (χ2v) is 4.50. The van der Waals surface area contributed by atoms with Crippen LogP contribution in [0.4, 0.5) is 0 Å². The summed E-state index contributed by atoms with van der Waals surface area (Å²) in [5.41, 5.74) is 1.71. The fraction of sp³-hybridized carbons (Fsp3) is 0.429. The SMILES string of the molecule is C=C(C)C(C)(NCc1ccccc1)C(C)O. The Hall–Kier alpha value is -1.12. The number of aliphatic hydroxyl groups excluding tert-OH is 1. The van der Waals surface area contributed by atoms with Crippen molar-refractivity contribution in [3.8, 4) is 0 Å². The van der Waals surface area contributed by atoms with Gasteiger partial charge in [-0.25, -0.2) is 0 Å². The number of benzene rings is 1. The van der Waals surface area contributed by atoms with Gasteiger partial charge >= 0.3 is 0 Å². The van der Waals surface area contributed by atoms with Gasteiger partial charge in [-0.1, -0.05) is 42.5 Å². The van der Waals surface area contributed by atoms with Gasteiger partial charge in [0.25, 0.3) is 0 Å². The summed E-state index contributed by atoms with van der Waals surface area (Å²) < 4.78 is 0. The van der Waals surface area contributed by atoms with Crippen molar-refractivity contribution in [3.63, 3.8) is 0 Å². The molecule has 16 heavy (non-hydrogen) atoms. The van der Waals surface area contributed by atoms with E-state index >= 15 is 0 Å². The molecule has 2 atom stereocenters. The first-order valence-corrected chi connectivity index (χ1v) is 5.60. The van der Waals surface area contributed by atoms with E-state index in [0.29, 0.717) is 0 Å². The van der Waals surface area contributed by atoms with Crippen molar-refractivity contribution in [2.45, 2.75) is 39.0 Å². The average Bonchev–Trinajstić information content (AvgIpc) is 2.26. The minimum Gasteiger partial charge on any atom is -0.391 e. The highest BCUT2D eigenvalue weighted by molar-refractivity contribution is 5.19. The molecule has 1 rings (SSSR count). The predicted octanol–water partition coefficient (Wildman–Crippen LogP) is 2.49. The number of hydrogen-bond donors (Lipinski definition) is 2. The fourth-order valence-corrected chi connectivity index (χ4v) is 1.54. The predicted molar refractivity (Wildman–Crippen MR) is 68.2 cm³/mol. The van der Waals surface area contributed by atoms with Crippen LogP contribution >= 0.6 is 0 Å². The van der Waals surface area contributed by atoms with Crippen LogP contribution in [0.15, 0.2) is 42.5 Å². The van der Waals surface area contributed by atoms with E-state index in [1.807, 2.05) is 32.0 Å². The Morgan fingerprint density at radius 3 is 2.44 bits per heavy atom. The van der Waals surface area contributed by atoms with Crippen LogP contribution < -0.4 is 5.32 Å². The lowest BCUT2D eigenvalue weighted by atomic mass is 9.88. The van der Waals surface area contributed by atoms with Gasteiger partial charge in [-0.3, -0.25) is 0 Å². The molecular formula is C14H21NO. The van der Waals surface area contributed by atoms with E-state index < -0.39 is 11.6 Å². The molecule has 0 bridgehead atoms. The van der Waals surface area contributed by atoms with E-state index in [-0.39, 0.29) is 0 Å². The average molecular weight is 219 g/mol. The molecule has 2 nitrogen and oxygen atoms in total. The van der Waals surface area contributed by atoms with Crippen molar-refractivity contribution >= 4 is 0 Å². The van der Waals surface area contributed by atoms with Gasteiger partial charge in [-0.05, 0) is 26.3 Å². The molecule has 0 aliphatic rings. The lowest BCUT2D eigenvalue weighted by Crippen LogP contribution is -2.51. The highest BCUT2D eigenvalue weighted by Crippen LogP contribution is 2.19. The van der Waals surface area contributed by atoms with Crippen LogP contribution in [0.5, 0.6) is 0 Å². The molecule has 0 spiro atoms. The van der Waals surface area contributed by atoms with Crippen molar-refractivity contribution in [2.24, 2.45) is 0 Å². The summed E-state index contributed by atoms with van der Waals surface area (Å²) in [6.07, 6.45) is -0.464. The Kier molecular flexibility index (Phi) is 4.27. The summed E-state index contributed by atoms with van der Waals surface area (Å²) in [6.45, 7) is 10.4. The van der Waals surface area contributed by atoms with Crippen LogP contribution in [0.1, 0.15) is 26.3 Å². The summed E-state index contributed by atoms with van der Waals surface area (Å²) in [4.78, 5) is 0. The molecule has 0 saturated heterocycles. The first-order chi connectivity index (χ1) is 7.47. The normalized spacial score (nSPS) is 16.5. The Bertz CT molecular complexity index is 345. The fourth-order valence-electron chi connectivity index (χ4n) is 1.54. The third kappa shape index (κ3) is 2.94. The molecule has 0 aliphatic heterocycles. The lowest BCUT2D eigenvalue weighted by molar-refractivity contribution is 0.106. The van der Waals surface area contributed by atoms with Gasteiger partial charge in [0.2, 0.25) is 0 Å². The molecule has 0 amide bonds. The van der Waals surface area contributed by atoms with Crippen LogP contribution in [0, 0.1) is 0 Å². The van der Waals surface area contributed by atoms with Gasteiger partial charge in [0.05, 0.1) is 11.6 Å². The molecule has 0 saturated carbocycles. The maximum Gasteiger partial charge on any atom is 0.0729 e. The maximum absolute atomic E-state index is 9.80. The van der Waals surface area contributed by atoms with Crippen molar-refractivity contribution in [1.82, 2.24) is 5.32 Å². The van der Waals surface area contributed by atoms with E-state index in [0.717, 1.165) is 12.1 Å². The molecule has 88 valence electrons. The van der Waals surface area contributed by atoms with Crippen LogP contribution in [0.3, 0.4) is 0 Å². The smallest absolute Gasteiger partial charge is 0.0729 e. The van der Waals surface area contributed by atoms with E-state index in [1.165, 1.54) is 5.56 Å². The monoisotopic (exact) mass is 219 g/mol. The molecule has 1 aromatic carbocycles. The second kappa shape index (κ2) is 5.28. The van der Waals surface area contributed by atoms with Crippen LogP contribution in [-0.4, -0.2) is 16.7 Å². The molecule has 2 heteroatoms. The third-order valence-electron chi connectivity index (χ3n) is 3.22. The highest BCUT2D eigenvalue weighted by atomic mass is 16.3.